The predicted molar refractivity (Wildman–Crippen MR) is 82.8 cm³/mol. The number of para-hydroxylation sites is 1. The van der Waals surface area contributed by atoms with Crippen LogP contribution in [0.25, 0.3) is 0 Å². The standard InChI is InChI=1S/C17H16ClNO/c1-13-11-17(14-7-9-15(18)10-8-14)20-19(12-13)16-5-3-2-4-6-16/h2-11,17H,12H2,1H3. The van der Waals surface area contributed by atoms with Crippen molar-refractivity contribution in [1.29, 1.82) is 0 Å². The van der Waals surface area contributed by atoms with Gasteiger partial charge in [-0.25, -0.2) is 5.06 Å². The normalized spacial score (nSPS) is 18.8. The summed E-state index contributed by atoms with van der Waals surface area (Å²) in [5, 5.41) is 2.68. The zero-order valence-electron chi connectivity index (χ0n) is 11.3. The van der Waals surface area contributed by atoms with Crippen molar-refractivity contribution < 1.29 is 4.84 Å². The number of hydrogen-bond donors (Lipinski definition) is 0. The highest BCUT2D eigenvalue weighted by atomic mass is 35.5. The van der Waals surface area contributed by atoms with Crippen molar-refractivity contribution in [1.82, 2.24) is 0 Å². The van der Waals surface area contributed by atoms with Crippen LogP contribution in [-0.4, -0.2) is 6.54 Å². The molecule has 0 amide bonds. The second-order valence-electron chi connectivity index (χ2n) is 4.96. The minimum atomic E-state index is -0.0683. The molecule has 0 aliphatic carbocycles. The van der Waals surface area contributed by atoms with Gasteiger partial charge in [0.1, 0.15) is 6.10 Å². The molecule has 1 heterocycles. The van der Waals surface area contributed by atoms with Gasteiger partial charge in [0.15, 0.2) is 0 Å². The molecule has 0 fully saturated rings. The maximum absolute atomic E-state index is 6.08. The van der Waals surface area contributed by atoms with E-state index >= 15 is 0 Å². The molecule has 0 spiro atoms. The Balaban J connectivity index is 1.86. The van der Waals surface area contributed by atoms with Crippen LogP contribution in [0.1, 0.15) is 18.6 Å². The van der Waals surface area contributed by atoms with E-state index in [2.05, 4.69) is 25.1 Å². The monoisotopic (exact) mass is 285 g/mol. The van der Waals surface area contributed by atoms with Crippen molar-refractivity contribution in [2.24, 2.45) is 0 Å². The molecule has 1 aliphatic heterocycles. The summed E-state index contributed by atoms with van der Waals surface area (Å²) in [7, 11) is 0. The lowest BCUT2D eigenvalue weighted by Gasteiger charge is -2.32. The quantitative estimate of drug-likeness (QED) is 0.736. The number of halogens is 1. The first-order chi connectivity index (χ1) is 9.72. The van der Waals surface area contributed by atoms with Gasteiger partial charge in [-0.15, -0.1) is 0 Å². The van der Waals surface area contributed by atoms with Crippen molar-refractivity contribution in [3.05, 3.63) is 76.8 Å². The van der Waals surface area contributed by atoms with E-state index in [1.807, 2.05) is 47.5 Å². The van der Waals surface area contributed by atoms with Gasteiger partial charge in [-0.3, -0.25) is 4.84 Å². The van der Waals surface area contributed by atoms with Crippen LogP contribution in [-0.2, 0) is 4.84 Å². The lowest BCUT2D eigenvalue weighted by molar-refractivity contribution is 0.0558. The lowest BCUT2D eigenvalue weighted by Crippen LogP contribution is -2.31. The van der Waals surface area contributed by atoms with E-state index in [9.17, 15) is 0 Å². The number of hydrogen-bond acceptors (Lipinski definition) is 2. The average Bonchev–Trinajstić information content (AvgIpc) is 2.48. The van der Waals surface area contributed by atoms with Crippen LogP contribution in [0.3, 0.4) is 0 Å². The van der Waals surface area contributed by atoms with Crippen molar-refractivity contribution in [3.63, 3.8) is 0 Å². The average molecular weight is 286 g/mol. The van der Waals surface area contributed by atoms with Gasteiger partial charge in [0, 0.05) is 5.02 Å². The minimum absolute atomic E-state index is 0.0683. The van der Waals surface area contributed by atoms with E-state index < -0.39 is 0 Å². The van der Waals surface area contributed by atoms with Crippen molar-refractivity contribution in [3.8, 4) is 0 Å². The largest absolute Gasteiger partial charge is 0.261 e. The van der Waals surface area contributed by atoms with Crippen molar-refractivity contribution in [2.45, 2.75) is 13.0 Å². The molecule has 0 saturated carbocycles. The fourth-order valence-electron chi connectivity index (χ4n) is 2.30. The highest BCUT2D eigenvalue weighted by molar-refractivity contribution is 6.30. The summed E-state index contributed by atoms with van der Waals surface area (Å²) in [6.45, 7) is 2.91. The van der Waals surface area contributed by atoms with Gasteiger partial charge < -0.3 is 0 Å². The Morgan fingerprint density at radius 1 is 1.05 bits per heavy atom. The molecule has 1 atom stereocenters. The Morgan fingerprint density at radius 3 is 2.45 bits per heavy atom. The van der Waals surface area contributed by atoms with Crippen LogP contribution in [0, 0.1) is 0 Å². The summed E-state index contributed by atoms with van der Waals surface area (Å²) >= 11 is 5.94. The molecule has 102 valence electrons. The smallest absolute Gasteiger partial charge is 0.129 e. The topological polar surface area (TPSA) is 12.5 Å². The van der Waals surface area contributed by atoms with Gasteiger partial charge in [0.2, 0.25) is 0 Å². The minimum Gasteiger partial charge on any atom is -0.261 e. The summed E-state index contributed by atoms with van der Waals surface area (Å²) < 4.78 is 0. The van der Waals surface area contributed by atoms with E-state index in [1.54, 1.807) is 0 Å². The first kappa shape index (κ1) is 13.2. The van der Waals surface area contributed by atoms with Crippen LogP contribution in [0.2, 0.25) is 5.02 Å². The summed E-state index contributed by atoms with van der Waals surface area (Å²) in [6.07, 6.45) is 2.09. The van der Waals surface area contributed by atoms with Crippen LogP contribution >= 0.6 is 11.6 Å². The fraction of sp³-hybridized carbons (Fsp3) is 0.176. The number of anilines is 1. The summed E-state index contributed by atoms with van der Waals surface area (Å²) in [5.74, 6) is 0. The molecule has 2 nitrogen and oxygen atoms in total. The summed E-state index contributed by atoms with van der Waals surface area (Å²) in [6, 6.07) is 17.9. The second kappa shape index (κ2) is 5.70. The molecule has 2 aromatic carbocycles. The molecule has 1 unspecified atom stereocenters. The molecule has 3 rings (SSSR count). The SMILES string of the molecule is CC1=CC(c2ccc(Cl)cc2)ON(c2ccccc2)C1. The molecule has 0 aromatic heterocycles. The molecule has 2 aromatic rings. The van der Waals surface area contributed by atoms with Gasteiger partial charge >= 0.3 is 0 Å². The maximum atomic E-state index is 6.08. The Labute approximate surface area is 124 Å². The van der Waals surface area contributed by atoms with Crippen LogP contribution in [0.4, 0.5) is 5.69 Å². The zero-order chi connectivity index (χ0) is 13.9. The molecule has 20 heavy (non-hydrogen) atoms. The zero-order valence-corrected chi connectivity index (χ0v) is 12.0. The van der Waals surface area contributed by atoms with Gasteiger partial charge in [-0.05, 0) is 42.8 Å². The van der Waals surface area contributed by atoms with E-state index in [-0.39, 0.29) is 6.10 Å². The molecule has 0 saturated heterocycles. The number of benzene rings is 2. The molecule has 0 radical (unpaired) electrons. The molecular formula is C17H16ClNO. The second-order valence-corrected chi connectivity index (χ2v) is 5.40. The van der Waals surface area contributed by atoms with Gasteiger partial charge in [-0.2, -0.15) is 0 Å². The summed E-state index contributed by atoms with van der Waals surface area (Å²) in [5.41, 5.74) is 3.47. The Bertz CT molecular complexity index is 607. The highest BCUT2D eigenvalue weighted by Gasteiger charge is 2.21. The third-order valence-electron chi connectivity index (χ3n) is 3.31. The first-order valence-corrected chi connectivity index (χ1v) is 7.02. The predicted octanol–water partition coefficient (Wildman–Crippen LogP) is 4.78. The lowest BCUT2D eigenvalue weighted by atomic mass is 10.1. The molecule has 1 aliphatic rings. The van der Waals surface area contributed by atoms with Crippen molar-refractivity contribution in [2.75, 3.05) is 11.6 Å². The third kappa shape index (κ3) is 2.87. The molecular weight excluding hydrogens is 270 g/mol. The third-order valence-corrected chi connectivity index (χ3v) is 3.56. The summed E-state index contributed by atoms with van der Waals surface area (Å²) in [4.78, 5) is 6.08. The van der Waals surface area contributed by atoms with Crippen molar-refractivity contribution >= 4 is 17.3 Å². The Kier molecular flexibility index (Phi) is 3.77. The van der Waals surface area contributed by atoms with E-state index in [1.165, 1.54) is 5.57 Å². The van der Waals surface area contributed by atoms with E-state index in [4.69, 9.17) is 16.4 Å². The number of hydroxylamine groups is 1. The van der Waals surface area contributed by atoms with E-state index in [0.717, 1.165) is 22.8 Å². The Morgan fingerprint density at radius 2 is 1.75 bits per heavy atom. The molecule has 3 heteroatoms. The van der Waals surface area contributed by atoms with Crippen LogP contribution < -0.4 is 5.06 Å². The van der Waals surface area contributed by atoms with Crippen LogP contribution in [0.5, 0.6) is 0 Å². The van der Waals surface area contributed by atoms with Crippen LogP contribution in [0.15, 0.2) is 66.2 Å². The number of rotatable bonds is 2. The highest BCUT2D eigenvalue weighted by Crippen LogP contribution is 2.30. The maximum Gasteiger partial charge on any atom is 0.129 e. The van der Waals surface area contributed by atoms with E-state index in [0.29, 0.717) is 0 Å². The molecule has 0 N–H and O–H groups in total. The van der Waals surface area contributed by atoms with Gasteiger partial charge in [-0.1, -0.05) is 47.5 Å². The van der Waals surface area contributed by atoms with Gasteiger partial charge in [0.25, 0.3) is 0 Å². The first-order valence-electron chi connectivity index (χ1n) is 6.64. The van der Waals surface area contributed by atoms with Gasteiger partial charge in [0.05, 0.1) is 12.2 Å². The molecule has 0 bridgehead atoms. The number of nitrogens with zero attached hydrogens (tertiary/aromatic N) is 1. The fourth-order valence-corrected chi connectivity index (χ4v) is 2.42. The Hall–Kier alpha value is -1.77.